The fraction of sp³-hybridized carbons (Fsp3) is 0.300. The highest BCUT2D eigenvalue weighted by Gasteiger charge is 2.21. The van der Waals surface area contributed by atoms with Crippen LogP contribution in [0.4, 0.5) is 14.9 Å². The molecule has 2 aromatic carbocycles. The number of amides is 2. The van der Waals surface area contributed by atoms with Crippen LogP contribution in [-0.2, 0) is 9.53 Å². The molecule has 0 unspecified atom stereocenters. The van der Waals surface area contributed by atoms with Crippen LogP contribution >= 0.6 is 0 Å². The van der Waals surface area contributed by atoms with Gasteiger partial charge in [-0.2, -0.15) is 0 Å². The summed E-state index contributed by atoms with van der Waals surface area (Å²) in [4.78, 5) is 24.2. The van der Waals surface area contributed by atoms with Crippen LogP contribution in [0.5, 0.6) is 0 Å². The van der Waals surface area contributed by atoms with E-state index in [4.69, 9.17) is 4.74 Å². The number of nitrogens with one attached hydrogen (secondary N) is 2. The zero-order valence-corrected chi connectivity index (χ0v) is 15.3. The Morgan fingerprint density at radius 1 is 1.04 bits per heavy atom. The van der Waals surface area contributed by atoms with Crippen LogP contribution < -0.4 is 10.6 Å². The predicted molar refractivity (Wildman–Crippen MR) is 99.3 cm³/mol. The van der Waals surface area contributed by atoms with Crippen LogP contribution in [0, 0.1) is 5.82 Å². The van der Waals surface area contributed by atoms with Crippen molar-refractivity contribution >= 4 is 17.7 Å². The van der Waals surface area contributed by atoms with Gasteiger partial charge in [0.15, 0.2) is 0 Å². The molecule has 0 spiro atoms. The number of hydrogen-bond acceptors (Lipinski definition) is 3. The third kappa shape index (κ3) is 5.58. The van der Waals surface area contributed by atoms with Gasteiger partial charge in [-0.25, -0.2) is 9.18 Å². The van der Waals surface area contributed by atoms with Crippen LogP contribution in [-0.4, -0.2) is 23.6 Å². The minimum atomic E-state index is -0.786. The molecule has 2 aromatic rings. The second kappa shape index (κ2) is 7.99. The first-order chi connectivity index (χ1) is 12.2. The normalized spacial score (nSPS) is 12.2. The summed E-state index contributed by atoms with van der Waals surface area (Å²) in [5, 5.41) is 5.29. The van der Waals surface area contributed by atoms with Crippen LogP contribution in [0.3, 0.4) is 0 Å². The molecule has 0 aliphatic carbocycles. The van der Waals surface area contributed by atoms with Crippen molar-refractivity contribution in [2.24, 2.45) is 0 Å². The van der Waals surface area contributed by atoms with Crippen molar-refractivity contribution in [2.75, 3.05) is 5.32 Å². The van der Waals surface area contributed by atoms with Crippen molar-refractivity contribution in [2.45, 2.75) is 39.3 Å². The Labute approximate surface area is 152 Å². The van der Waals surface area contributed by atoms with Gasteiger partial charge in [0.1, 0.15) is 17.5 Å². The van der Waals surface area contributed by atoms with Gasteiger partial charge >= 0.3 is 6.09 Å². The number of benzene rings is 2. The number of anilines is 1. The lowest BCUT2D eigenvalue weighted by atomic mass is 10.0. The van der Waals surface area contributed by atoms with E-state index >= 15 is 0 Å². The molecular formula is C20H23FN2O3. The molecule has 1 atom stereocenters. The van der Waals surface area contributed by atoms with Crippen molar-refractivity contribution in [3.63, 3.8) is 0 Å². The number of rotatable bonds is 4. The summed E-state index contributed by atoms with van der Waals surface area (Å²) in [5.41, 5.74) is 1.46. The van der Waals surface area contributed by atoms with E-state index in [-0.39, 0.29) is 11.7 Å². The van der Waals surface area contributed by atoms with Crippen LogP contribution in [0.2, 0.25) is 0 Å². The topological polar surface area (TPSA) is 67.4 Å². The number of carbonyl (C=O) groups is 2. The van der Waals surface area contributed by atoms with E-state index < -0.39 is 17.7 Å². The number of hydrogen-bond donors (Lipinski definition) is 2. The first-order valence-electron chi connectivity index (χ1n) is 8.31. The first kappa shape index (κ1) is 19.4. The van der Waals surface area contributed by atoms with Gasteiger partial charge in [0.05, 0.1) is 0 Å². The standard InChI is InChI=1S/C20H23FN2O3/c1-13(22-19(25)26-20(2,3)4)18(24)23-17-8-6-5-7-16(17)14-9-11-15(21)12-10-14/h5-13H,1-4H3,(H,22,25)(H,23,24)/t13-/m0/s1. The van der Waals surface area contributed by atoms with E-state index in [0.717, 1.165) is 11.1 Å². The Morgan fingerprint density at radius 3 is 2.27 bits per heavy atom. The summed E-state index contributed by atoms with van der Waals surface area (Å²) >= 11 is 0. The largest absolute Gasteiger partial charge is 0.444 e. The first-order valence-corrected chi connectivity index (χ1v) is 8.31. The van der Waals surface area contributed by atoms with Crippen molar-refractivity contribution in [1.82, 2.24) is 5.32 Å². The minimum absolute atomic E-state index is 0.328. The summed E-state index contributed by atoms with van der Waals surface area (Å²) in [5.74, 6) is -0.712. The number of halogens is 1. The summed E-state index contributed by atoms with van der Waals surface area (Å²) in [7, 11) is 0. The lowest BCUT2D eigenvalue weighted by Crippen LogP contribution is -2.44. The number of ether oxygens (including phenoxy) is 1. The highest BCUT2D eigenvalue weighted by molar-refractivity contribution is 5.99. The van der Waals surface area contributed by atoms with E-state index in [0.29, 0.717) is 5.69 Å². The zero-order chi connectivity index (χ0) is 19.3. The third-order valence-electron chi connectivity index (χ3n) is 3.47. The van der Waals surface area contributed by atoms with Crippen molar-refractivity contribution < 1.29 is 18.7 Å². The maximum Gasteiger partial charge on any atom is 0.408 e. The maximum absolute atomic E-state index is 13.1. The Bertz CT molecular complexity index is 782. The van der Waals surface area contributed by atoms with Gasteiger partial charge in [-0.3, -0.25) is 4.79 Å². The van der Waals surface area contributed by atoms with Gasteiger partial charge in [-0.05, 0) is 51.5 Å². The number of alkyl carbamates (subject to hydrolysis) is 1. The molecule has 0 fully saturated rings. The molecule has 26 heavy (non-hydrogen) atoms. The molecule has 0 radical (unpaired) electrons. The van der Waals surface area contributed by atoms with Gasteiger partial charge < -0.3 is 15.4 Å². The Kier molecular flexibility index (Phi) is 5.97. The quantitative estimate of drug-likeness (QED) is 0.854. The van der Waals surface area contributed by atoms with E-state index in [2.05, 4.69) is 10.6 Å². The maximum atomic E-state index is 13.1. The monoisotopic (exact) mass is 358 g/mol. The number of carbonyl (C=O) groups excluding carboxylic acids is 2. The molecule has 0 saturated heterocycles. The second-order valence-electron chi connectivity index (χ2n) is 6.91. The lowest BCUT2D eigenvalue weighted by molar-refractivity contribution is -0.117. The smallest absolute Gasteiger partial charge is 0.408 e. The molecule has 138 valence electrons. The molecule has 2 N–H and O–H groups in total. The highest BCUT2D eigenvalue weighted by atomic mass is 19.1. The van der Waals surface area contributed by atoms with E-state index in [9.17, 15) is 14.0 Å². The van der Waals surface area contributed by atoms with Gasteiger partial charge in [0.25, 0.3) is 0 Å². The molecule has 0 heterocycles. The van der Waals surface area contributed by atoms with Gasteiger partial charge in [-0.1, -0.05) is 30.3 Å². The summed E-state index contributed by atoms with van der Waals surface area (Å²) in [6, 6.07) is 12.4. The van der Waals surface area contributed by atoms with E-state index in [1.54, 1.807) is 52.0 Å². The predicted octanol–water partition coefficient (Wildman–Crippen LogP) is 4.34. The molecule has 2 amide bonds. The lowest BCUT2D eigenvalue weighted by Gasteiger charge is -2.22. The second-order valence-corrected chi connectivity index (χ2v) is 6.91. The molecule has 0 aromatic heterocycles. The van der Waals surface area contributed by atoms with Gasteiger partial charge in [0.2, 0.25) is 5.91 Å². The van der Waals surface area contributed by atoms with Crippen LogP contribution in [0.25, 0.3) is 11.1 Å². The summed E-state index contributed by atoms with van der Waals surface area (Å²) in [6.45, 7) is 6.81. The minimum Gasteiger partial charge on any atom is -0.444 e. The molecule has 0 aliphatic heterocycles. The van der Waals surface area contributed by atoms with Gasteiger partial charge in [0, 0.05) is 11.3 Å². The van der Waals surface area contributed by atoms with Crippen molar-refractivity contribution in [1.29, 1.82) is 0 Å². The summed E-state index contributed by atoms with van der Waals surface area (Å²) < 4.78 is 18.3. The highest BCUT2D eigenvalue weighted by Crippen LogP contribution is 2.28. The molecule has 0 saturated carbocycles. The summed E-state index contributed by atoms with van der Waals surface area (Å²) in [6.07, 6.45) is -0.660. The molecule has 2 rings (SSSR count). The van der Waals surface area contributed by atoms with Crippen molar-refractivity contribution in [3.8, 4) is 11.1 Å². The zero-order valence-electron chi connectivity index (χ0n) is 15.3. The Hall–Kier alpha value is -2.89. The van der Waals surface area contributed by atoms with Gasteiger partial charge in [-0.15, -0.1) is 0 Å². The molecule has 5 nitrogen and oxygen atoms in total. The SMILES string of the molecule is C[C@H](NC(=O)OC(C)(C)C)C(=O)Nc1ccccc1-c1ccc(F)cc1. The Morgan fingerprint density at radius 2 is 1.65 bits per heavy atom. The molecule has 0 bridgehead atoms. The van der Waals surface area contributed by atoms with Crippen LogP contribution in [0.15, 0.2) is 48.5 Å². The number of para-hydroxylation sites is 1. The molecule has 0 aliphatic rings. The molecular weight excluding hydrogens is 335 g/mol. The van der Waals surface area contributed by atoms with E-state index in [1.165, 1.54) is 12.1 Å². The molecule has 6 heteroatoms. The third-order valence-corrected chi connectivity index (χ3v) is 3.47. The average Bonchev–Trinajstić information content (AvgIpc) is 2.54. The fourth-order valence-electron chi connectivity index (χ4n) is 2.26. The Balaban J connectivity index is 2.09. The van der Waals surface area contributed by atoms with Crippen molar-refractivity contribution in [3.05, 3.63) is 54.3 Å². The average molecular weight is 358 g/mol. The fourth-order valence-corrected chi connectivity index (χ4v) is 2.26. The van der Waals surface area contributed by atoms with Crippen LogP contribution in [0.1, 0.15) is 27.7 Å². The van der Waals surface area contributed by atoms with E-state index in [1.807, 2.05) is 12.1 Å².